The predicted molar refractivity (Wildman–Crippen MR) is 135 cm³/mol. The van der Waals surface area contributed by atoms with Crippen molar-refractivity contribution in [3.63, 3.8) is 0 Å². The molecule has 0 aliphatic heterocycles. The molecule has 34 heavy (non-hydrogen) atoms. The molecule has 0 aromatic heterocycles. The summed E-state index contributed by atoms with van der Waals surface area (Å²) in [6.07, 6.45) is 1.40. The van der Waals surface area contributed by atoms with Gasteiger partial charge >= 0.3 is 5.97 Å². The lowest BCUT2D eigenvalue weighted by molar-refractivity contribution is -0.112. The van der Waals surface area contributed by atoms with Gasteiger partial charge in [-0.25, -0.2) is 4.79 Å². The van der Waals surface area contributed by atoms with Crippen LogP contribution in [0.5, 0.6) is 11.5 Å². The number of aromatic carboxylic acids is 1. The van der Waals surface area contributed by atoms with Gasteiger partial charge in [0.2, 0.25) is 0 Å². The van der Waals surface area contributed by atoms with Crippen LogP contribution in [-0.2, 0) is 11.4 Å². The van der Waals surface area contributed by atoms with Crippen molar-refractivity contribution in [1.82, 2.24) is 0 Å². The van der Waals surface area contributed by atoms with Crippen molar-refractivity contribution in [2.75, 3.05) is 12.4 Å². The molecule has 0 bridgehead atoms. The highest BCUT2D eigenvalue weighted by Crippen LogP contribution is 2.35. The van der Waals surface area contributed by atoms with Crippen LogP contribution in [0.3, 0.4) is 0 Å². The van der Waals surface area contributed by atoms with Crippen molar-refractivity contribution >= 4 is 55.5 Å². The van der Waals surface area contributed by atoms with Gasteiger partial charge in [0.15, 0.2) is 11.5 Å². The monoisotopic (exact) mass is 584 g/mol. The maximum absolute atomic E-state index is 12.6. The first-order valence-corrected chi connectivity index (χ1v) is 11.4. The highest BCUT2D eigenvalue weighted by atomic mass is 79.9. The number of benzene rings is 3. The number of rotatable bonds is 8. The molecule has 0 atom stereocenters. The number of nitrogens with one attached hydrogen (secondary N) is 1. The molecule has 0 aliphatic carbocycles. The van der Waals surface area contributed by atoms with E-state index in [-0.39, 0.29) is 16.8 Å². The van der Waals surface area contributed by atoms with Gasteiger partial charge in [-0.2, -0.15) is 5.26 Å². The molecule has 172 valence electrons. The first kappa shape index (κ1) is 25.0. The molecule has 9 heteroatoms. The molecule has 0 saturated carbocycles. The van der Waals surface area contributed by atoms with E-state index >= 15 is 0 Å². The minimum absolute atomic E-state index is 0.0199. The van der Waals surface area contributed by atoms with E-state index in [2.05, 4.69) is 37.2 Å². The van der Waals surface area contributed by atoms with Crippen molar-refractivity contribution in [3.05, 3.63) is 91.9 Å². The van der Waals surface area contributed by atoms with E-state index in [0.717, 1.165) is 10.0 Å². The van der Waals surface area contributed by atoms with Crippen LogP contribution < -0.4 is 14.8 Å². The normalized spacial score (nSPS) is 10.8. The second-order valence-electron chi connectivity index (χ2n) is 6.95. The first-order valence-electron chi connectivity index (χ1n) is 9.82. The molecular formula is C25H18Br2N2O5. The number of carboxylic acids is 1. The number of amides is 1. The van der Waals surface area contributed by atoms with Gasteiger partial charge < -0.3 is 19.9 Å². The van der Waals surface area contributed by atoms with E-state index in [1.54, 1.807) is 12.1 Å². The number of ether oxygens (including phenoxy) is 2. The van der Waals surface area contributed by atoms with Crippen LogP contribution >= 0.6 is 31.9 Å². The highest BCUT2D eigenvalue weighted by molar-refractivity contribution is 9.10. The first-order chi connectivity index (χ1) is 16.3. The molecule has 1 amide bonds. The molecule has 0 fully saturated rings. The highest BCUT2D eigenvalue weighted by Gasteiger charge is 2.15. The molecule has 0 saturated heterocycles. The Morgan fingerprint density at radius 3 is 2.47 bits per heavy atom. The van der Waals surface area contributed by atoms with Crippen LogP contribution in [0.1, 0.15) is 21.5 Å². The number of hydrogen-bond acceptors (Lipinski definition) is 5. The van der Waals surface area contributed by atoms with E-state index in [4.69, 9.17) is 14.6 Å². The van der Waals surface area contributed by atoms with Crippen molar-refractivity contribution < 1.29 is 24.2 Å². The number of nitrogens with zero attached hydrogens (tertiary/aromatic N) is 1. The number of nitriles is 1. The van der Waals surface area contributed by atoms with Crippen molar-refractivity contribution in [1.29, 1.82) is 5.26 Å². The Morgan fingerprint density at radius 1 is 1.09 bits per heavy atom. The lowest BCUT2D eigenvalue weighted by Crippen LogP contribution is -2.14. The summed E-state index contributed by atoms with van der Waals surface area (Å²) in [5.41, 5.74) is 1.61. The van der Waals surface area contributed by atoms with Gasteiger partial charge in [0.05, 0.1) is 12.7 Å². The summed E-state index contributed by atoms with van der Waals surface area (Å²) in [4.78, 5) is 23.8. The van der Waals surface area contributed by atoms with Crippen LogP contribution in [-0.4, -0.2) is 24.1 Å². The maximum Gasteiger partial charge on any atom is 0.335 e. The molecule has 0 spiro atoms. The minimum Gasteiger partial charge on any atom is -0.493 e. The Labute approximate surface area is 212 Å². The Morgan fingerprint density at radius 2 is 1.82 bits per heavy atom. The molecule has 0 aliphatic rings. The number of carbonyl (C=O) groups is 2. The van der Waals surface area contributed by atoms with E-state index in [1.807, 2.05) is 30.3 Å². The summed E-state index contributed by atoms with van der Waals surface area (Å²) >= 11 is 6.85. The third kappa shape index (κ3) is 6.47. The Hall–Kier alpha value is -3.61. The number of methoxy groups -OCH3 is 1. The fraction of sp³-hybridized carbons (Fsp3) is 0.0800. The summed E-state index contributed by atoms with van der Waals surface area (Å²) in [7, 11) is 1.50. The van der Waals surface area contributed by atoms with Crippen LogP contribution in [0.4, 0.5) is 5.69 Å². The number of anilines is 1. The van der Waals surface area contributed by atoms with Crippen LogP contribution in [0.25, 0.3) is 6.08 Å². The largest absolute Gasteiger partial charge is 0.493 e. The molecule has 7 nitrogen and oxygen atoms in total. The molecule has 2 N–H and O–H groups in total. The molecule has 0 unspecified atom stereocenters. The topological polar surface area (TPSA) is 109 Å². The lowest BCUT2D eigenvalue weighted by Gasteiger charge is -2.13. The van der Waals surface area contributed by atoms with E-state index in [0.29, 0.717) is 28.1 Å². The number of carboxylic acid groups (broad SMARTS) is 1. The zero-order valence-corrected chi connectivity index (χ0v) is 21.0. The lowest BCUT2D eigenvalue weighted by atomic mass is 10.1. The van der Waals surface area contributed by atoms with Crippen LogP contribution in [0, 0.1) is 11.3 Å². The maximum atomic E-state index is 12.6. The standard InChI is InChI=1S/C25H18Br2N2O5/c1-33-22-11-17(21(27)12-23(22)34-14-15-5-7-19(26)8-6-15)9-18(13-28)24(30)29-20-4-2-3-16(10-20)25(31)32/h2-12H,14H2,1H3,(H,29,30)(H,31,32)/b18-9-. The van der Waals surface area contributed by atoms with Crippen molar-refractivity contribution in [2.24, 2.45) is 0 Å². The summed E-state index contributed by atoms with van der Waals surface area (Å²) in [5.74, 6) is -0.876. The van der Waals surface area contributed by atoms with E-state index in [9.17, 15) is 14.9 Å². The summed E-state index contributed by atoms with van der Waals surface area (Å²) in [6, 6.07) is 18.7. The Bertz CT molecular complexity index is 1300. The minimum atomic E-state index is -1.12. The number of carbonyl (C=O) groups excluding carboxylic acids is 1. The summed E-state index contributed by atoms with van der Waals surface area (Å²) in [6.45, 7) is 0.326. The number of halogens is 2. The average molecular weight is 586 g/mol. The Kier molecular flexibility index (Phi) is 8.46. The van der Waals surface area contributed by atoms with Gasteiger partial charge in [0, 0.05) is 14.6 Å². The molecule has 0 heterocycles. The van der Waals surface area contributed by atoms with Gasteiger partial charge in [0.1, 0.15) is 18.2 Å². The molecular weight excluding hydrogens is 568 g/mol. The summed E-state index contributed by atoms with van der Waals surface area (Å²) in [5, 5.41) is 21.2. The van der Waals surface area contributed by atoms with Gasteiger partial charge in [0.25, 0.3) is 5.91 Å². The average Bonchev–Trinajstić information content (AvgIpc) is 2.83. The number of hydrogen-bond donors (Lipinski definition) is 2. The third-order valence-electron chi connectivity index (χ3n) is 4.62. The van der Waals surface area contributed by atoms with Gasteiger partial charge in [-0.1, -0.05) is 50.1 Å². The van der Waals surface area contributed by atoms with Gasteiger partial charge in [-0.15, -0.1) is 0 Å². The third-order valence-corrected chi connectivity index (χ3v) is 5.84. The fourth-order valence-electron chi connectivity index (χ4n) is 2.91. The van der Waals surface area contributed by atoms with Crippen molar-refractivity contribution in [3.8, 4) is 17.6 Å². The fourth-order valence-corrected chi connectivity index (χ4v) is 3.61. The Balaban J connectivity index is 1.81. The van der Waals surface area contributed by atoms with Crippen LogP contribution in [0.2, 0.25) is 0 Å². The molecule has 3 aromatic rings. The molecule has 0 radical (unpaired) electrons. The SMILES string of the molecule is COc1cc(/C=C(/C#N)C(=O)Nc2cccc(C(=O)O)c2)c(Br)cc1OCc1ccc(Br)cc1. The second-order valence-corrected chi connectivity index (χ2v) is 8.72. The van der Waals surface area contributed by atoms with E-state index in [1.165, 1.54) is 37.5 Å². The second kappa shape index (κ2) is 11.5. The van der Waals surface area contributed by atoms with Crippen LogP contribution in [0.15, 0.2) is 75.2 Å². The van der Waals surface area contributed by atoms with E-state index < -0.39 is 11.9 Å². The van der Waals surface area contributed by atoms with Gasteiger partial charge in [-0.05, 0) is 59.7 Å². The quantitative estimate of drug-likeness (QED) is 0.246. The molecule has 3 rings (SSSR count). The zero-order valence-electron chi connectivity index (χ0n) is 17.8. The zero-order chi connectivity index (χ0) is 24.7. The predicted octanol–water partition coefficient (Wildman–Crippen LogP) is 6.04. The smallest absolute Gasteiger partial charge is 0.335 e. The summed E-state index contributed by atoms with van der Waals surface area (Å²) < 4.78 is 12.9. The van der Waals surface area contributed by atoms with Crippen molar-refractivity contribution in [2.45, 2.75) is 6.61 Å². The molecule has 3 aromatic carbocycles. The van der Waals surface area contributed by atoms with Gasteiger partial charge in [-0.3, -0.25) is 4.79 Å².